The lowest BCUT2D eigenvalue weighted by Gasteiger charge is -2.20. The molecule has 0 bridgehead atoms. The average Bonchev–Trinajstić information content (AvgIpc) is 3.29. The second kappa shape index (κ2) is 20.8. The van der Waals surface area contributed by atoms with E-state index in [1.807, 2.05) is 6.20 Å². The first-order valence-corrected chi connectivity index (χ1v) is 14.7. The molecule has 0 aromatic carbocycles. The Balaban J connectivity index is 2.10. The van der Waals surface area contributed by atoms with Crippen LogP contribution in [-0.4, -0.2) is 9.55 Å². The molecule has 0 amide bonds. The minimum Gasteiger partial charge on any atom is -0.332 e. The Labute approximate surface area is 202 Å². The van der Waals surface area contributed by atoms with E-state index >= 15 is 0 Å². The number of hydrogen-bond acceptors (Lipinski definition) is 1. The highest BCUT2D eigenvalue weighted by molar-refractivity contribution is 5.00. The summed E-state index contributed by atoms with van der Waals surface area (Å²) < 4.78 is 2.48. The lowest BCUT2D eigenvalue weighted by Crippen LogP contribution is -2.11. The SMILES string of the molecule is CCCCCCCCCCCCCC(C)n1ccnc1C(C)CCCCCCCCCC. The van der Waals surface area contributed by atoms with Gasteiger partial charge in [0, 0.05) is 24.4 Å². The maximum Gasteiger partial charge on any atom is 0.111 e. The molecule has 0 saturated carbocycles. The van der Waals surface area contributed by atoms with E-state index in [2.05, 4.69) is 38.5 Å². The van der Waals surface area contributed by atoms with Gasteiger partial charge in [-0.05, 0) is 19.8 Å². The highest BCUT2D eigenvalue weighted by Gasteiger charge is 2.15. The average molecular weight is 447 g/mol. The number of rotatable bonds is 23. The van der Waals surface area contributed by atoms with Gasteiger partial charge in [0.25, 0.3) is 0 Å². The molecule has 1 aromatic heterocycles. The Kier molecular flexibility index (Phi) is 19.0. The molecule has 0 aliphatic heterocycles. The molecular weight excluding hydrogens is 388 g/mol. The van der Waals surface area contributed by atoms with Crippen LogP contribution in [0.1, 0.15) is 180 Å². The first-order chi connectivity index (χ1) is 15.7. The third kappa shape index (κ3) is 14.4. The van der Waals surface area contributed by atoms with E-state index in [0.717, 1.165) is 0 Å². The van der Waals surface area contributed by atoms with Gasteiger partial charge in [0.15, 0.2) is 0 Å². The molecule has 0 radical (unpaired) electrons. The first kappa shape index (κ1) is 29.2. The zero-order valence-electron chi connectivity index (χ0n) is 22.6. The molecule has 0 N–H and O–H groups in total. The normalized spacial score (nSPS) is 13.5. The van der Waals surface area contributed by atoms with Crippen molar-refractivity contribution in [3.05, 3.63) is 18.2 Å². The van der Waals surface area contributed by atoms with Gasteiger partial charge in [-0.1, -0.05) is 143 Å². The van der Waals surface area contributed by atoms with Crippen molar-refractivity contribution >= 4 is 0 Å². The number of aromatic nitrogens is 2. The van der Waals surface area contributed by atoms with E-state index in [1.165, 1.54) is 141 Å². The van der Waals surface area contributed by atoms with Gasteiger partial charge in [0.1, 0.15) is 5.82 Å². The Morgan fingerprint density at radius 1 is 0.594 bits per heavy atom. The monoisotopic (exact) mass is 446 g/mol. The molecular formula is C30H58N2. The third-order valence-corrected chi connectivity index (χ3v) is 7.33. The molecule has 2 nitrogen and oxygen atoms in total. The number of unbranched alkanes of at least 4 members (excludes halogenated alkanes) is 17. The summed E-state index contributed by atoms with van der Waals surface area (Å²) >= 11 is 0. The van der Waals surface area contributed by atoms with E-state index in [0.29, 0.717) is 12.0 Å². The molecule has 188 valence electrons. The number of hydrogen-bond donors (Lipinski definition) is 0. The summed E-state index contributed by atoms with van der Waals surface area (Å²) in [5, 5.41) is 0. The molecule has 1 aromatic rings. The Morgan fingerprint density at radius 3 is 1.47 bits per heavy atom. The standard InChI is InChI=1S/C30H58N2/c1-5-7-9-11-13-15-16-17-19-21-23-25-29(4)32-27-26-31-30(32)28(3)24-22-20-18-14-12-10-8-6-2/h26-29H,5-25H2,1-4H3. The third-order valence-electron chi connectivity index (χ3n) is 7.33. The summed E-state index contributed by atoms with van der Waals surface area (Å²) in [5.41, 5.74) is 0. The van der Waals surface area contributed by atoms with Gasteiger partial charge in [-0.2, -0.15) is 0 Å². The maximum absolute atomic E-state index is 4.75. The fourth-order valence-corrected chi connectivity index (χ4v) is 5.04. The minimum atomic E-state index is 0.588. The van der Waals surface area contributed by atoms with Crippen molar-refractivity contribution in [2.75, 3.05) is 0 Å². The lowest BCUT2D eigenvalue weighted by atomic mass is 10.00. The first-order valence-electron chi connectivity index (χ1n) is 14.7. The van der Waals surface area contributed by atoms with Crippen molar-refractivity contribution in [2.24, 2.45) is 0 Å². The van der Waals surface area contributed by atoms with Crippen LogP contribution in [0.4, 0.5) is 0 Å². The van der Waals surface area contributed by atoms with E-state index in [4.69, 9.17) is 4.98 Å². The molecule has 0 aliphatic carbocycles. The van der Waals surface area contributed by atoms with Crippen LogP contribution in [0.15, 0.2) is 12.4 Å². The molecule has 32 heavy (non-hydrogen) atoms. The number of imidazole rings is 1. The van der Waals surface area contributed by atoms with Gasteiger partial charge >= 0.3 is 0 Å². The highest BCUT2D eigenvalue weighted by atomic mass is 15.1. The second-order valence-corrected chi connectivity index (χ2v) is 10.5. The molecule has 2 atom stereocenters. The predicted molar refractivity (Wildman–Crippen MR) is 144 cm³/mol. The molecule has 0 aliphatic rings. The van der Waals surface area contributed by atoms with Gasteiger partial charge in [0.05, 0.1) is 0 Å². The van der Waals surface area contributed by atoms with Crippen LogP contribution in [0, 0.1) is 0 Å². The summed E-state index contributed by atoms with van der Waals surface area (Å²) in [7, 11) is 0. The van der Waals surface area contributed by atoms with Crippen molar-refractivity contribution in [3.63, 3.8) is 0 Å². The summed E-state index contributed by atoms with van der Waals surface area (Å²) in [4.78, 5) is 4.75. The molecule has 1 rings (SSSR count). The van der Waals surface area contributed by atoms with Gasteiger partial charge in [0.2, 0.25) is 0 Å². The van der Waals surface area contributed by atoms with Crippen LogP contribution in [0.3, 0.4) is 0 Å². The Morgan fingerprint density at radius 2 is 1.00 bits per heavy atom. The van der Waals surface area contributed by atoms with Crippen LogP contribution in [0.25, 0.3) is 0 Å². The van der Waals surface area contributed by atoms with Crippen LogP contribution < -0.4 is 0 Å². The minimum absolute atomic E-state index is 0.588. The van der Waals surface area contributed by atoms with Gasteiger partial charge in [-0.25, -0.2) is 4.98 Å². The number of nitrogens with zero attached hydrogens (tertiary/aromatic N) is 2. The molecule has 1 heterocycles. The molecule has 0 saturated heterocycles. The van der Waals surface area contributed by atoms with Gasteiger partial charge in [-0.15, -0.1) is 0 Å². The Hall–Kier alpha value is -0.790. The van der Waals surface area contributed by atoms with Crippen molar-refractivity contribution in [2.45, 2.75) is 174 Å². The van der Waals surface area contributed by atoms with Crippen LogP contribution in [0.2, 0.25) is 0 Å². The summed E-state index contributed by atoms with van der Waals surface area (Å²) in [5.74, 6) is 1.91. The fourth-order valence-electron chi connectivity index (χ4n) is 5.04. The molecule has 2 unspecified atom stereocenters. The van der Waals surface area contributed by atoms with Crippen molar-refractivity contribution in [1.29, 1.82) is 0 Å². The van der Waals surface area contributed by atoms with E-state index in [9.17, 15) is 0 Å². The summed E-state index contributed by atoms with van der Waals surface area (Å²) in [6.45, 7) is 9.37. The second-order valence-electron chi connectivity index (χ2n) is 10.5. The zero-order chi connectivity index (χ0) is 23.3. The van der Waals surface area contributed by atoms with Crippen molar-refractivity contribution in [1.82, 2.24) is 9.55 Å². The quantitative estimate of drug-likeness (QED) is 0.153. The largest absolute Gasteiger partial charge is 0.332 e. The van der Waals surface area contributed by atoms with Crippen LogP contribution in [-0.2, 0) is 0 Å². The van der Waals surface area contributed by atoms with Crippen molar-refractivity contribution in [3.8, 4) is 0 Å². The Bertz CT molecular complexity index is 507. The fraction of sp³-hybridized carbons (Fsp3) is 0.900. The van der Waals surface area contributed by atoms with Crippen LogP contribution in [0.5, 0.6) is 0 Å². The van der Waals surface area contributed by atoms with E-state index in [-0.39, 0.29) is 0 Å². The summed E-state index contributed by atoms with van der Waals surface area (Å²) in [6.07, 6.45) is 33.7. The predicted octanol–water partition coefficient (Wildman–Crippen LogP) is 10.8. The van der Waals surface area contributed by atoms with Gasteiger partial charge in [-0.3, -0.25) is 0 Å². The molecule has 0 fully saturated rings. The maximum atomic E-state index is 4.75. The van der Waals surface area contributed by atoms with E-state index in [1.54, 1.807) is 0 Å². The topological polar surface area (TPSA) is 17.8 Å². The highest BCUT2D eigenvalue weighted by Crippen LogP contribution is 2.26. The molecule has 0 spiro atoms. The summed E-state index contributed by atoms with van der Waals surface area (Å²) in [6, 6.07) is 0.590. The molecule has 2 heteroatoms. The van der Waals surface area contributed by atoms with Crippen LogP contribution >= 0.6 is 0 Å². The van der Waals surface area contributed by atoms with Gasteiger partial charge < -0.3 is 4.57 Å². The van der Waals surface area contributed by atoms with E-state index < -0.39 is 0 Å². The smallest absolute Gasteiger partial charge is 0.111 e. The lowest BCUT2D eigenvalue weighted by molar-refractivity contribution is 0.435. The zero-order valence-corrected chi connectivity index (χ0v) is 22.6. The van der Waals surface area contributed by atoms with Crippen molar-refractivity contribution < 1.29 is 0 Å².